The summed E-state index contributed by atoms with van der Waals surface area (Å²) in [4.78, 5) is 35.7. The minimum Gasteiger partial charge on any atom is -0.459 e. The molecule has 3 rings (SSSR count). The van der Waals surface area contributed by atoms with Gasteiger partial charge in [-0.2, -0.15) is 0 Å². The number of ketones is 1. The quantitative estimate of drug-likeness (QED) is 0.144. The molecule has 3 aliphatic heterocycles. The van der Waals surface area contributed by atoms with Crippen molar-refractivity contribution in [3.8, 4) is 0 Å². The van der Waals surface area contributed by atoms with Crippen molar-refractivity contribution in [2.75, 3.05) is 6.61 Å². The average Bonchev–Trinajstić information content (AvgIpc) is 3.62. The summed E-state index contributed by atoms with van der Waals surface area (Å²) in [6.07, 6.45) is 15.1. The molecule has 0 aromatic carbocycles. The Balaban J connectivity index is 1.46. The van der Waals surface area contributed by atoms with E-state index in [9.17, 15) is 14.4 Å². The summed E-state index contributed by atoms with van der Waals surface area (Å²) < 4.78 is 23.4. The number of esters is 1. The van der Waals surface area contributed by atoms with Gasteiger partial charge in [0.25, 0.3) is 0 Å². The number of ether oxygens (including phenoxy) is 4. The van der Waals surface area contributed by atoms with Gasteiger partial charge in [-0.05, 0) is 52.0 Å². The van der Waals surface area contributed by atoms with Gasteiger partial charge in [-0.3, -0.25) is 14.4 Å². The molecule has 8 nitrogen and oxygen atoms in total. The number of unbranched alkanes of at least 4 members (excludes halogenated alkanes) is 1. The first-order chi connectivity index (χ1) is 19.0. The molecule has 0 aromatic heterocycles. The summed E-state index contributed by atoms with van der Waals surface area (Å²) in [5.74, 6) is -0.0409. The highest BCUT2D eigenvalue weighted by Gasteiger charge is 2.51. The van der Waals surface area contributed by atoms with E-state index in [1.54, 1.807) is 13.0 Å². The lowest BCUT2D eigenvalue weighted by Crippen LogP contribution is -2.50. The van der Waals surface area contributed by atoms with Gasteiger partial charge >= 0.3 is 5.97 Å². The highest BCUT2D eigenvalue weighted by Crippen LogP contribution is 2.43. The highest BCUT2D eigenvalue weighted by molar-refractivity contribution is 5.87. The third-order valence-electron chi connectivity index (χ3n) is 8.02. The van der Waals surface area contributed by atoms with Gasteiger partial charge in [0, 0.05) is 38.7 Å². The second kappa shape index (κ2) is 15.1. The summed E-state index contributed by atoms with van der Waals surface area (Å²) in [6.45, 7) is 12.1. The zero-order valence-corrected chi connectivity index (χ0v) is 25.1. The molecule has 3 saturated heterocycles. The maximum absolute atomic E-state index is 12.4. The number of hydrogen-bond donors (Lipinski definition) is 1. The molecular weight excluding hydrogens is 510 g/mol. The van der Waals surface area contributed by atoms with Gasteiger partial charge in [0.1, 0.15) is 11.9 Å². The Kier molecular flexibility index (Phi) is 12.2. The van der Waals surface area contributed by atoms with Crippen molar-refractivity contribution < 1.29 is 33.3 Å². The lowest BCUT2D eigenvalue weighted by atomic mass is 9.88. The van der Waals surface area contributed by atoms with Crippen LogP contribution in [0.25, 0.3) is 0 Å². The summed E-state index contributed by atoms with van der Waals surface area (Å²) in [6, 6.07) is -0.0837. The number of nitrogens with one attached hydrogen (secondary N) is 1. The monoisotopic (exact) mass is 559 g/mol. The maximum Gasteiger partial charge on any atom is 0.303 e. The smallest absolute Gasteiger partial charge is 0.303 e. The van der Waals surface area contributed by atoms with E-state index in [0.29, 0.717) is 12.8 Å². The largest absolute Gasteiger partial charge is 0.459 e. The molecule has 0 unspecified atom stereocenters. The zero-order valence-electron chi connectivity index (χ0n) is 25.1. The molecule has 0 saturated carbocycles. The lowest BCUT2D eigenvalue weighted by molar-refractivity contribution is -0.143. The van der Waals surface area contributed by atoms with Crippen molar-refractivity contribution in [1.29, 1.82) is 0 Å². The number of amides is 1. The fourth-order valence-electron chi connectivity index (χ4n) is 5.61. The molecule has 3 fully saturated rings. The van der Waals surface area contributed by atoms with Crippen LogP contribution >= 0.6 is 0 Å². The number of rotatable bonds is 13. The molecule has 0 aromatic rings. The lowest BCUT2D eigenvalue weighted by Gasteiger charge is -2.39. The van der Waals surface area contributed by atoms with Crippen LogP contribution in [0.5, 0.6) is 0 Å². The second-order valence-electron chi connectivity index (χ2n) is 11.9. The summed E-state index contributed by atoms with van der Waals surface area (Å²) >= 11 is 0. The number of carbonyl (C=O) groups is 3. The van der Waals surface area contributed by atoms with Crippen LogP contribution in [-0.4, -0.2) is 66.4 Å². The molecule has 0 aliphatic carbocycles. The first-order valence-corrected chi connectivity index (χ1v) is 15.0. The van der Waals surface area contributed by atoms with E-state index in [4.69, 9.17) is 18.9 Å². The minimum atomic E-state index is -0.454. The fraction of sp³-hybridized carbons (Fsp3) is 0.719. The number of carbonyl (C=O) groups excluding carboxylic acids is 3. The van der Waals surface area contributed by atoms with E-state index in [0.717, 1.165) is 50.7 Å². The molecule has 1 N–H and O–H groups in total. The third kappa shape index (κ3) is 10.6. The Labute approximate surface area is 239 Å². The van der Waals surface area contributed by atoms with Crippen molar-refractivity contribution in [2.45, 2.75) is 135 Å². The van der Waals surface area contributed by atoms with Gasteiger partial charge in [-0.1, -0.05) is 44.1 Å². The Morgan fingerprint density at radius 2 is 1.88 bits per heavy atom. The molecule has 8 heteroatoms. The predicted octanol–water partition coefficient (Wildman–Crippen LogP) is 5.15. The van der Waals surface area contributed by atoms with Crippen LogP contribution in [0, 0.1) is 5.92 Å². The van der Waals surface area contributed by atoms with Crippen LogP contribution in [0.4, 0.5) is 0 Å². The van der Waals surface area contributed by atoms with Crippen LogP contribution in [0.1, 0.15) is 92.9 Å². The first-order valence-electron chi connectivity index (χ1n) is 15.0. The number of Topliss-reactive ketones (excluding diaryl/α,β-unsaturated/α-hetero) is 1. The van der Waals surface area contributed by atoms with Crippen LogP contribution in [-0.2, 0) is 33.3 Å². The molecule has 3 heterocycles. The van der Waals surface area contributed by atoms with Gasteiger partial charge in [0.2, 0.25) is 5.91 Å². The van der Waals surface area contributed by atoms with Crippen molar-refractivity contribution >= 4 is 17.7 Å². The zero-order chi connectivity index (χ0) is 29.3. The van der Waals surface area contributed by atoms with Gasteiger partial charge in [-0.25, -0.2) is 0 Å². The standard InChI is InChI=1S/C32H49NO7/c1-7-8-9-26(35)17-28-19-32(20-37-32)18-27(40-28)13-10-21(2)11-14-30-22(3)16-29(24(5)39-30)33-31(36)15-12-23(4)38-25(6)34/h10-13,15,22-24,27-30H,7-9,14,16-20H2,1-6H3,(H,33,36)/b13-10+,15-12-,21-11+/t22-,23-,24+,27+,28+,29+,30-,32+/m0/s1. The van der Waals surface area contributed by atoms with Crippen LogP contribution in [0.2, 0.25) is 0 Å². The fourth-order valence-corrected chi connectivity index (χ4v) is 5.61. The average molecular weight is 560 g/mol. The summed E-state index contributed by atoms with van der Waals surface area (Å²) in [5, 5.41) is 3.02. The van der Waals surface area contributed by atoms with E-state index in [1.165, 1.54) is 13.0 Å². The molecule has 224 valence electrons. The van der Waals surface area contributed by atoms with Crippen molar-refractivity contribution in [1.82, 2.24) is 5.32 Å². The van der Waals surface area contributed by atoms with E-state index >= 15 is 0 Å². The molecule has 1 amide bonds. The van der Waals surface area contributed by atoms with E-state index in [-0.39, 0.29) is 59.6 Å². The molecule has 8 atom stereocenters. The number of hydrogen-bond acceptors (Lipinski definition) is 7. The van der Waals surface area contributed by atoms with Crippen molar-refractivity contribution in [2.24, 2.45) is 5.92 Å². The first kappa shape index (κ1) is 32.2. The van der Waals surface area contributed by atoms with Gasteiger partial charge < -0.3 is 24.3 Å². The third-order valence-corrected chi connectivity index (χ3v) is 8.02. The maximum atomic E-state index is 12.4. The molecular formula is C32H49NO7. The molecule has 1 spiro atoms. The minimum absolute atomic E-state index is 0.0520. The molecule has 3 aliphatic rings. The Bertz CT molecular complexity index is 966. The van der Waals surface area contributed by atoms with E-state index in [1.807, 2.05) is 6.92 Å². The van der Waals surface area contributed by atoms with Crippen LogP contribution in [0.15, 0.2) is 36.0 Å². The summed E-state index contributed by atoms with van der Waals surface area (Å²) in [5.41, 5.74) is 1.03. The van der Waals surface area contributed by atoms with Crippen LogP contribution in [0.3, 0.4) is 0 Å². The van der Waals surface area contributed by atoms with Gasteiger partial charge in [0.05, 0.1) is 42.7 Å². The second-order valence-corrected chi connectivity index (χ2v) is 11.9. The van der Waals surface area contributed by atoms with Gasteiger partial charge in [-0.15, -0.1) is 0 Å². The SMILES string of the molecule is CCCCC(=O)C[C@@H]1C[C@@]2(CO2)C[C@@H](/C=C/C(C)=C/C[C@@H]2O[C@H](C)[C@H](NC(=O)/C=C\[C@H](C)OC(C)=O)C[C@@H]2C)O1. The Morgan fingerprint density at radius 3 is 2.55 bits per heavy atom. The predicted molar refractivity (Wildman–Crippen MR) is 154 cm³/mol. The molecule has 0 radical (unpaired) electrons. The molecule has 40 heavy (non-hydrogen) atoms. The normalized spacial score (nSPS) is 33.3. The Hall–Kier alpha value is -2.29. The van der Waals surface area contributed by atoms with E-state index < -0.39 is 6.10 Å². The van der Waals surface area contributed by atoms with Gasteiger partial charge in [0.15, 0.2) is 0 Å². The topological polar surface area (TPSA) is 103 Å². The number of epoxide rings is 1. The molecule has 0 bridgehead atoms. The summed E-state index contributed by atoms with van der Waals surface area (Å²) in [7, 11) is 0. The van der Waals surface area contributed by atoms with Crippen molar-refractivity contribution in [3.05, 3.63) is 36.0 Å². The Morgan fingerprint density at radius 1 is 1.12 bits per heavy atom. The van der Waals surface area contributed by atoms with E-state index in [2.05, 4.69) is 44.3 Å². The van der Waals surface area contributed by atoms with Crippen molar-refractivity contribution in [3.63, 3.8) is 0 Å². The number of allylic oxidation sites excluding steroid dienone is 2. The van der Waals surface area contributed by atoms with Crippen LogP contribution < -0.4 is 5.32 Å². The highest BCUT2D eigenvalue weighted by atomic mass is 16.6.